The number of rotatable bonds is 8. The standard InChI is InChI=1S/C19H31N3O3.HI/c1-20-19(22(2)13-16-9-11-25-14-16)21-10-5-6-15-7-8-17(23-3)18(12-15)24-4;/h7-8,12,16H,5-6,9-11,13-14H2,1-4H3,(H,20,21);1H. The van der Waals surface area contributed by atoms with E-state index >= 15 is 0 Å². The summed E-state index contributed by atoms with van der Waals surface area (Å²) >= 11 is 0. The molecule has 1 aliphatic rings. The fraction of sp³-hybridized carbons (Fsp3) is 0.632. The molecule has 148 valence electrons. The summed E-state index contributed by atoms with van der Waals surface area (Å²) in [6, 6.07) is 6.08. The second kappa shape index (κ2) is 12.2. The molecular weight excluding hydrogens is 445 g/mol. The van der Waals surface area contributed by atoms with E-state index in [-0.39, 0.29) is 24.0 Å². The maximum atomic E-state index is 5.45. The summed E-state index contributed by atoms with van der Waals surface area (Å²) in [6.07, 6.45) is 3.14. The zero-order chi connectivity index (χ0) is 18.1. The molecule has 2 rings (SSSR count). The van der Waals surface area contributed by atoms with Gasteiger partial charge in [-0.3, -0.25) is 4.99 Å². The van der Waals surface area contributed by atoms with Crippen molar-refractivity contribution in [3.8, 4) is 11.5 Å². The van der Waals surface area contributed by atoms with Gasteiger partial charge in [0.2, 0.25) is 0 Å². The second-order valence-electron chi connectivity index (χ2n) is 6.38. The van der Waals surface area contributed by atoms with Crippen molar-refractivity contribution in [1.82, 2.24) is 10.2 Å². The quantitative estimate of drug-likeness (QED) is 0.270. The average Bonchev–Trinajstić information content (AvgIpc) is 3.14. The maximum Gasteiger partial charge on any atom is 0.193 e. The van der Waals surface area contributed by atoms with Crippen LogP contribution in [0.25, 0.3) is 0 Å². The fourth-order valence-corrected chi connectivity index (χ4v) is 3.11. The largest absolute Gasteiger partial charge is 0.493 e. The normalized spacial score (nSPS) is 16.8. The number of nitrogens with zero attached hydrogens (tertiary/aromatic N) is 2. The molecular formula is C19H32IN3O3. The molecule has 0 aliphatic carbocycles. The van der Waals surface area contributed by atoms with Crippen molar-refractivity contribution in [3.63, 3.8) is 0 Å². The Balaban J connectivity index is 0.00000338. The van der Waals surface area contributed by atoms with Crippen LogP contribution in [-0.4, -0.2) is 65.5 Å². The lowest BCUT2D eigenvalue weighted by molar-refractivity contribution is 0.181. The van der Waals surface area contributed by atoms with Crippen LogP contribution in [0.15, 0.2) is 23.2 Å². The SMILES string of the molecule is CN=C(NCCCc1ccc(OC)c(OC)c1)N(C)CC1CCOC1.I. The molecule has 1 aliphatic heterocycles. The number of aryl methyl sites for hydroxylation is 1. The third-order valence-electron chi connectivity index (χ3n) is 4.50. The Morgan fingerprint density at radius 3 is 2.69 bits per heavy atom. The minimum Gasteiger partial charge on any atom is -0.493 e. The monoisotopic (exact) mass is 477 g/mol. The van der Waals surface area contributed by atoms with Gasteiger partial charge in [-0.2, -0.15) is 0 Å². The van der Waals surface area contributed by atoms with E-state index in [9.17, 15) is 0 Å². The van der Waals surface area contributed by atoms with Gasteiger partial charge in [0.1, 0.15) is 0 Å². The van der Waals surface area contributed by atoms with Crippen molar-refractivity contribution in [2.75, 3.05) is 54.6 Å². The third-order valence-corrected chi connectivity index (χ3v) is 4.50. The number of guanidine groups is 1. The highest BCUT2D eigenvalue weighted by atomic mass is 127. The van der Waals surface area contributed by atoms with Crippen LogP contribution >= 0.6 is 24.0 Å². The third kappa shape index (κ3) is 6.83. The van der Waals surface area contributed by atoms with Crippen molar-refractivity contribution < 1.29 is 14.2 Å². The molecule has 0 bridgehead atoms. The van der Waals surface area contributed by atoms with Crippen molar-refractivity contribution in [2.24, 2.45) is 10.9 Å². The summed E-state index contributed by atoms with van der Waals surface area (Å²) in [4.78, 5) is 6.57. The molecule has 26 heavy (non-hydrogen) atoms. The van der Waals surface area contributed by atoms with E-state index < -0.39 is 0 Å². The number of aliphatic imine (C=N–C) groups is 1. The zero-order valence-corrected chi connectivity index (χ0v) is 18.6. The Hall–Kier alpha value is -1.22. The number of methoxy groups -OCH3 is 2. The van der Waals surface area contributed by atoms with Gasteiger partial charge < -0.3 is 24.4 Å². The van der Waals surface area contributed by atoms with Crippen LogP contribution in [0.1, 0.15) is 18.4 Å². The summed E-state index contributed by atoms with van der Waals surface area (Å²) in [5.74, 6) is 3.10. The lowest BCUT2D eigenvalue weighted by atomic mass is 10.1. The smallest absolute Gasteiger partial charge is 0.193 e. The van der Waals surface area contributed by atoms with Crippen LogP contribution in [0.3, 0.4) is 0 Å². The highest BCUT2D eigenvalue weighted by Crippen LogP contribution is 2.27. The highest BCUT2D eigenvalue weighted by molar-refractivity contribution is 14.0. The number of nitrogens with one attached hydrogen (secondary N) is 1. The topological polar surface area (TPSA) is 55.3 Å². The molecule has 1 atom stereocenters. The van der Waals surface area contributed by atoms with Gasteiger partial charge in [-0.05, 0) is 37.0 Å². The molecule has 1 unspecified atom stereocenters. The second-order valence-corrected chi connectivity index (χ2v) is 6.38. The summed E-state index contributed by atoms with van der Waals surface area (Å²) < 4.78 is 16.1. The van der Waals surface area contributed by atoms with E-state index in [0.29, 0.717) is 5.92 Å². The zero-order valence-electron chi connectivity index (χ0n) is 16.3. The van der Waals surface area contributed by atoms with Crippen molar-refractivity contribution in [2.45, 2.75) is 19.3 Å². The van der Waals surface area contributed by atoms with Gasteiger partial charge in [-0.1, -0.05) is 6.07 Å². The number of benzene rings is 1. The summed E-state index contributed by atoms with van der Waals surface area (Å²) in [5.41, 5.74) is 1.24. The Morgan fingerprint density at radius 2 is 2.08 bits per heavy atom. The molecule has 1 N–H and O–H groups in total. The predicted octanol–water partition coefficient (Wildman–Crippen LogP) is 2.80. The summed E-state index contributed by atoms with van der Waals surface area (Å²) in [5, 5.41) is 3.44. The summed E-state index contributed by atoms with van der Waals surface area (Å²) in [7, 11) is 7.24. The average molecular weight is 477 g/mol. The van der Waals surface area contributed by atoms with Crippen LogP contribution in [0.4, 0.5) is 0 Å². The molecule has 1 heterocycles. The van der Waals surface area contributed by atoms with Crippen LogP contribution in [0.5, 0.6) is 11.5 Å². The number of hydrogen-bond acceptors (Lipinski definition) is 4. The van der Waals surface area contributed by atoms with Gasteiger partial charge >= 0.3 is 0 Å². The number of halogens is 1. The van der Waals surface area contributed by atoms with Gasteiger partial charge in [-0.25, -0.2) is 0 Å². The Labute approximate surface area is 174 Å². The fourth-order valence-electron chi connectivity index (χ4n) is 3.11. The Kier molecular flexibility index (Phi) is 10.7. The van der Waals surface area contributed by atoms with Gasteiger partial charge in [0.05, 0.1) is 20.8 Å². The van der Waals surface area contributed by atoms with E-state index in [2.05, 4.69) is 28.3 Å². The van der Waals surface area contributed by atoms with Crippen molar-refractivity contribution in [3.05, 3.63) is 23.8 Å². The van der Waals surface area contributed by atoms with Crippen molar-refractivity contribution >= 4 is 29.9 Å². The highest BCUT2D eigenvalue weighted by Gasteiger charge is 2.18. The molecule has 0 spiro atoms. The first-order chi connectivity index (χ1) is 12.2. The first-order valence-electron chi connectivity index (χ1n) is 8.88. The van der Waals surface area contributed by atoms with E-state index in [1.807, 2.05) is 19.2 Å². The minimum absolute atomic E-state index is 0. The van der Waals surface area contributed by atoms with Gasteiger partial charge in [0.25, 0.3) is 0 Å². The van der Waals surface area contributed by atoms with E-state index in [1.165, 1.54) is 5.56 Å². The van der Waals surface area contributed by atoms with Gasteiger partial charge in [0.15, 0.2) is 17.5 Å². The molecule has 1 fully saturated rings. The predicted molar refractivity (Wildman–Crippen MR) is 116 cm³/mol. The summed E-state index contributed by atoms with van der Waals surface area (Å²) in [6.45, 7) is 3.61. The van der Waals surface area contributed by atoms with E-state index in [1.54, 1.807) is 14.2 Å². The van der Waals surface area contributed by atoms with Crippen LogP contribution in [-0.2, 0) is 11.2 Å². The number of hydrogen-bond donors (Lipinski definition) is 1. The van der Waals surface area contributed by atoms with Crippen LogP contribution in [0.2, 0.25) is 0 Å². The molecule has 0 aromatic heterocycles. The van der Waals surface area contributed by atoms with E-state index in [4.69, 9.17) is 14.2 Å². The minimum atomic E-state index is 0. The molecule has 0 amide bonds. The molecule has 1 saturated heterocycles. The number of ether oxygens (including phenoxy) is 3. The van der Waals surface area contributed by atoms with E-state index in [0.717, 1.165) is 63.0 Å². The van der Waals surface area contributed by atoms with Gasteiger partial charge in [-0.15, -0.1) is 24.0 Å². The molecule has 7 heteroatoms. The first-order valence-corrected chi connectivity index (χ1v) is 8.88. The molecule has 1 aromatic carbocycles. The van der Waals surface area contributed by atoms with Gasteiger partial charge in [0, 0.05) is 39.7 Å². The Bertz CT molecular complexity index is 563. The lowest BCUT2D eigenvalue weighted by Gasteiger charge is -2.24. The molecule has 0 saturated carbocycles. The lowest BCUT2D eigenvalue weighted by Crippen LogP contribution is -2.41. The molecule has 1 aromatic rings. The first kappa shape index (κ1) is 22.8. The van der Waals surface area contributed by atoms with Crippen molar-refractivity contribution in [1.29, 1.82) is 0 Å². The molecule has 0 radical (unpaired) electrons. The van der Waals surface area contributed by atoms with Crippen LogP contribution in [0, 0.1) is 5.92 Å². The molecule has 6 nitrogen and oxygen atoms in total. The Morgan fingerprint density at radius 1 is 1.31 bits per heavy atom. The maximum absolute atomic E-state index is 5.45. The van der Waals surface area contributed by atoms with Crippen LogP contribution < -0.4 is 14.8 Å².